The lowest BCUT2D eigenvalue weighted by Gasteiger charge is -2.34. The Labute approximate surface area is 195 Å². The standard InChI is InChI=1S/C22H26N4O.C2HF3O2/c1-16-24-20-9-4-6-11-22(20)25(16)14-7-13-23-19-12-15-26(17(2)27)21-10-5-3-8-18(19)21;3-2(4,5)1(6)7/h3-6,8-11,19,23H,7,12-15H2,1-2H3;(H,6,7). The van der Waals surface area contributed by atoms with Crippen LogP contribution in [-0.2, 0) is 16.1 Å². The molecular formula is C24H27F3N4O3. The maximum Gasteiger partial charge on any atom is 0.490 e. The predicted molar refractivity (Wildman–Crippen MR) is 123 cm³/mol. The first kappa shape index (κ1) is 25.2. The highest BCUT2D eigenvalue weighted by molar-refractivity contribution is 5.93. The Kier molecular flexibility index (Phi) is 7.93. The van der Waals surface area contributed by atoms with E-state index in [9.17, 15) is 18.0 Å². The summed E-state index contributed by atoms with van der Waals surface area (Å²) in [5.41, 5.74) is 4.54. The number of nitrogens with zero attached hydrogens (tertiary/aromatic N) is 3. The molecule has 1 amide bonds. The molecule has 4 rings (SSSR count). The molecule has 1 aliphatic rings. The van der Waals surface area contributed by atoms with E-state index in [0.717, 1.165) is 49.5 Å². The fourth-order valence-corrected chi connectivity index (χ4v) is 4.09. The number of hydrogen-bond acceptors (Lipinski definition) is 4. The van der Waals surface area contributed by atoms with Crippen LogP contribution >= 0.6 is 0 Å². The van der Waals surface area contributed by atoms with E-state index in [2.05, 4.69) is 52.1 Å². The summed E-state index contributed by atoms with van der Waals surface area (Å²) in [6.45, 7) is 6.37. The summed E-state index contributed by atoms with van der Waals surface area (Å²) in [5.74, 6) is -1.58. The third-order valence-corrected chi connectivity index (χ3v) is 5.66. The van der Waals surface area contributed by atoms with Crippen LogP contribution in [0, 0.1) is 6.92 Å². The highest BCUT2D eigenvalue weighted by atomic mass is 19.4. The number of aromatic nitrogens is 2. The van der Waals surface area contributed by atoms with Crippen molar-refractivity contribution in [2.24, 2.45) is 0 Å². The number of carbonyl (C=O) groups is 2. The van der Waals surface area contributed by atoms with Crippen LogP contribution in [0.25, 0.3) is 11.0 Å². The second kappa shape index (κ2) is 10.7. The predicted octanol–water partition coefficient (Wildman–Crippen LogP) is 4.46. The normalized spacial score (nSPS) is 15.4. The number of amides is 1. The SMILES string of the molecule is CC(=O)N1CCC(NCCCn2c(C)nc3ccccc32)c2ccccc21.O=C(O)C(F)(F)F. The number of carboxylic acids is 1. The average molecular weight is 476 g/mol. The number of aryl methyl sites for hydroxylation is 2. The monoisotopic (exact) mass is 476 g/mol. The second-order valence-corrected chi connectivity index (χ2v) is 7.98. The van der Waals surface area contributed by atoms with Crippen molar-refractivity contribution in [1.82, 2.24) is 14.9 Å². The zero-order valence-corrected chi connectivity index (χ0v) is 19.0. The van der Waals surface area contributed by atoms with Gasteiger partial charge in [0.25, 0.3) is 0 Å². The number of carbonyl (C=O) groups excluding carboxylic acids is 1. The van der Waals surface area contributed by atoms with Crippen molar-refractivity contribution in [3.05, 3.63) is 59.9 Å². The summed E-state index contributed by atoms with van der Waals surface area (Å²) in [5, 5.41) is 10.8. The minimum absolute atomic E-state index is 0.114. The van der Waals surface area contributed by atoms with Crippen molar-refractivity contribution in [1.29, 1.82) is 0 Å². The first-order valence-corrected chi connectivity index (χ1v) is 10.9. The van der Waals surface area contributed by atoms with Crippen molar-refractivity contribution in [3.8, 4) is 0 Å². The Morgan fingerprint density at radius 3 is 2.47 bits per heavy atom. The molecule has 0 saturated heterocycles. The molecule has 182 valence electrons. The van der Waals surface area contributed by atoms with E-state index in [4.69, 9.17) is 9.90 Å². The summed E-state index contributed by atoms with van der Waals surface area (Å²) in [7, 11) is 0. The quantitative estimate of drug-likeness (QED) is 0.531. The van der Waals surface area contributed by atoms with Gasteiger partial charge < -0.3 is 19.9 Å². The molecule has 2 N–H and O–H groups in total. The van der Waals surface area contributed by atoms with Crippen LogP contribution in [-0.4, -0.2) is 45.8 Å². The van der Waals surface area contributed by atoms with Crippen molar-refractivity contribution in [2.75, 3.05) is 18.0 Å². The Balaban J connectivity index is 0.000000406. The van der Waals surface area contributed by atoms with Gasteiger partial charge in [-0.05, 0) is 50.1 Å². The zero-order chi connectivity index (χ0) is 24.9. The lowest BCUT2D eigenvalue weighted by molar-refractivity contribution is -0.192. The molecule has 0 fully saturated rings. The van der Waals surface area contributed by atoms with E-state index >= 15 is 0 Å². The number of nitrogens with one attached hydrogen (secondary N) is 1. The number of rotatable bonds is 5. The summed E-state index contributed by atoms with van der Waals surface area (Å²) >= 11 is 0. The molecule has 3 aromatic rings. The van der Waals surface area contributed by atoms with Gasteiger partial charge in [-0.25, -0.2) is 9.78 Å². The van der Waals surface area contributed by atoms with Crippen LogP contribution in [0.1, 0.15) is 37.2 Å². The number of carboxylic acid groups (broad SMARTS) is 1. The van der Waals surface area contributed by atoms with Gasteiger partial charge in [-0.2, -0.15) is 13.2 Å². The number of fused-ring (bicyclic) bond motifs is 2. The highest BCUT2D eigenvalue weighted by Gasteiger charge is 2.38. The molecule has 2 heterocycles. The Morgan fingerprint density at radius 1 is 1.15 bits per heavy atom. The van der Waals surface area contributed by atoms with E-state index in [1.165, 1.54) is 11.1 Å². The molecule has 7 nitrogen and oxygen atoms in total. The Morgan fingerprint density at radius 2 is 1.79 bits per heavy atom. The first-order valence-electron chi connectivity index (χ1n) is 10.9. The topological polar surface area (TPSA) is 87.5 Å². The number of alkyl halides is 3. The van der Waals surface area contributed by atoms with Gasteiger partial charge in [-0.15, -0.1) is 0 Å². The largest absolute Gasteiger partial charge is 0.490 e. The molecule has 10 heteroatoms. The average Bonchev–Trinajstić information content (AvgIpc) is 3.11. The molecule has 1 unspecified atom stereocenters. The third-order valence-electron chi connectivity index (χ3n) is 5.66. The van der Waals surface area contributed by atoms with Crippen molar-refractivity contribution >= 4 is 28.6 Å². The van der Waals surface area contributed by atoms with Gasteiger partial charge in [0.15, 0.2) is 0 Å². The van der Waals surface area contributed by atoms with Crippen molar-refractivity contribution in [3.63, 3.8) is 0 Å². The van der Waals surface area contributed by atoms with E-state index in [0.29, 0.717) is 6.04 Å². The number of halogens is 3. The smallest absolute Gasteiger partial charge is 0.475 e. The molecule has 0 radical (unpaired) electrons. The van der Waals surface area contributed by atoms with Crippen LogP contribution < -0.4 is 10.2 Å². The molecule has 1 aromatic heterocycles. The molecule has 1 aliphatic heterocycles. The summed E-state index contributed by atoms with van der Waals surface area (Å²) < 4.78 is 34.0. The fraction of sp³-hybridized carbons (Fsp3) is 0.375. The summed E-state index contributed by atoms with van der Waals surface area (Å²) in [6.07, 6.45) is -3.10. The van der Waals surface area contributed by atoms with E-state index in [-0.39, 0.29) is 5.91 Å². The maximum absolute atomic E-state index is 11.9. The van der Waals surface area contributed by atoms with Crippen molar-refractivity contribution < 1.29 is 27.9 Å². The molecule has 0 spiro atoms. The second-order valence-electron chi connectivity index (χ2n) is 7.98. The molecule has 0 aliphatic carbocycles. The van der Waals surface area contributed by atoms with Gasteiger partial charge in [-0.3, -0.25) is 4.79 Å². The van der Waals surface area contributed by atoms with Crippen LogP contribution in [0.3, 0.4) is 0 Å². The molecule has 0 saturated carbocycles. The lowest BCUT2D eigenvalue weighted by atomic mass is 9.96. The van der Waals surface area contributed by atoms with Gasteiger partial charge in [0, 0.05) is 31.7 Å². The van der Waals surface area contributed by atoms with Crippen LogP contribution in [0.2, 0.25) is 0 Å². The zero-order valence-electron chi connectivity index (χ0n) is 19.0. The molecular weight excluding hydrogens is 449 g/mol. The van der Waals surface area contributed by atoms with E-state index in [1.54, 1.807) is 6.92 Å². The Hall–Kier alpha value is -3.40. The van der Waals surface area contributed by atoms with Gasteiger partial charge in [0.05, 0.1) is 11.0 Å². The maximum atomic E-state index is 11.9. The molecule has 1 atom stereocenters. The number of imidazole rings is 1. The molecule has 34 heavy (non-hydrogen) atoms. The van der Waals surface area contributed by atoms with Crippen LogP contribution in [0.4, 0.5) is 18.9 Å². The summed E-state index contributed by atoms with van der Waals surface area (Å²) in [6, 6.07) is 16.8. The minimum atomic E-state index is -5.08. The fourth-order valence-electron chi connectivity index (χ4n) is 4.09. The molecule has 2 aromatic carbocycles. The first-order chi connectivity index (χ1) is 16.1. The van der Waals surface area contributed by atoms with Crippen molar-refractivity contribution in [2.45, 2.75) is 45.5 Å². The van der Waals surface area contributed by atoms with Gasteiger partial charge in [0.1, 0.15) is 5.82 Å². The van der Waals surface area contributed by atoms with Crippen LogP contribution in [0.15, 0.2) is 48.5 Å². The van der Waals surface area contributed by atoms with E-state index < -0.39 is 12.1 Å². The third kappa shape index (κ3) is 5.93. The summed E-state index contributed by atoms with van der Waals surface area (Å²) in [4.78, 5) is 27.3. The Bertz CT molecular complexity index is 1160. The number of hydrogen-bond donors (Lipinski definition) is 2. The molecule has 0 bridgehead atoms. The minimum Gasteiger partial charge on any atom is -0.475 e. The number of anilines is 1. The van der Waals surface area contributed by atoms with Crippen LogP contribution in [0.5, 0.6) is 0 Å². The highest BCUT2D eigenvalue weighted by Crippen LogP contribution is 2.33. The van der Waals surface area contributed by atoms with Gasteiger partial charge in [-0.1, -0.05) is 30.3 Å². The number of para-hydroxylation sites is 3. The van der Waals surface area contributed by atoms with Gasteiger partial charge in [0.2, 0.25) is 5.91 Å². The lowest BCUT2D eigenvalue weighted by Crippen LogP contribution is -2.38. The number of aliphatic carboxylic acids is 1. The van der Waals surface area contributed by atoms with Gasteiger partial charge >= 0.3 is 12.1 Å². The van der Waals surface area contributed by atoms with E-state index in [1.807, 2.05) is 23.1 Å². The number of benzene rings is 2.